The number of hydrogen-bond acceptors (Lipinski definition) is 5. The van der Waals surface area contributed by atoms with E-state index in [0.29, 0.717) is 5.69 Å². The van der Waals surface area contributed by atoms with E-state index in [0.717, 1.165) is 5.56 Å². The van der Waals surface area contributed by atoms with E-state index in [1.807, 2.05) is 6.92 Å². The lowest BCUT2D eigenvalue weighted by Crippen LogP contribution is -2.28. The molecular weight excluding hydrogens is 316 g/mol. The van der Waals surface area contributed by atoms with Gasteiger partial charge in [0.25, 0.3) is 5.91 Å². The van der Waals surface area contributed by atoms with Gasteiger partial charge in [0.15, 0.2) is 4.91 Å². The Morgan fingerprint density at radius 3 is 2.43 bits per heavy atom. The largest absolute Gasteiger partial charge is 0.493 e. The minimum absolute atomic E-state index is 0.0492. The third-order valence-corrected chi connectivity index (χ3v) is 5.28. The number of para-hydroxylation sites is 1. The molecule has 6 nitrogen and oxygen atoms in total. The zero-order valence-electron chi connectivity index (χ0n) is 12.2. The first-order valence-corrected chi connectivity index (χ1v) is 8.30. The van der Waals surface area contributed by atoms with Crippen molar-refractivity contribution < 1.29 is 18.3 Å². The number of carbonyl (C=O) groups excluding carboxylic acids is 1. The van der Waals surface area contributed by atoms with Crippen LogP contribution >= 0.6 is 0 Å². The summed E-state index contributed by atoms with van der Waals surface area (Å²) < 4.78 is 25.2. The first-order valence-electron chi connectivity index (χ1n) is 6.82. The first kappa shape index (κ1) is 15.1. The molecule has 7 heteroatoms. The molecule has 0 aliphatic carbocycles. The molecule has 3 rings (SSSR count). The summed E-state index contributed by atoms with van der Waals surface area (Å²) in [5.41, 5.74) is 1.68. The Morgan fingerprint density at radius 1 is 1.09 bits per heavy atom. The van der Waals surface area contributed by atoms with Crippen molar-refractivity contribution in [3.05, 3.63) is 64.9 Å². The van der Waals surface area contributed by atoms with E-state index >= 15 is 0 Å². The maximum atomic E-state index is 12.6. The summed E-state index contributed by atoms with van der Waals surface area (Å²) in [4.78, 5) is 11.6. The molecular formula is C16H14N2O4S. The third-order valence-electron chi connectivity index (χ3n) is 3.43. The van der Waals surface area contributed by atoms with Crippen LogP contribution in [-0.2, 0) is 14.6 Å². The van der Waals surface area contributed by atoms with Crippen LogP contribution in [0.2, 0.25) is 0 Å². The molecule has 0 atom stereocenters. The fourth-order valence-corrected chi connectivity index (χ4v) is 3.77. The monoisotopic (exact) mass is 330 g/mol. The molecule has 0 unspecified atom stereocenters. The average Bonchev–Trinajstić information content (AvgIpc) is 2.49. The molecule has 0 saturated carbocycles. The summed E-state index contributed by atoms with van der Waals surface area (Å²) in [7, 11) is -4.10. The molecule has 118 valence electrons. The van der Waals surface area contributed by atoms with E-state index in [4.69, 9.17) is 0 Å². The lowest BCUT2D eigenvalue weighted by atomic mass is 10.2. The molecule has 2 aromatic rings. The van der Waals surface area contributed by atoms with Crippen LogP contribution in [0.15, 0.2) is 64.2 Å². The Hall–Kier alpha value is -2.80. The van der Waals surface area contributed by atoms with Crippen LogP contribution in [0, 0.1) is 6.92 Å². The quantitative estimate of drug-likeness (QED) is 0.786. The Balaban J connectivity index is 1.98. The molecule has 0 spiro atoms. The van der Waals surface area contributed by atoms with Gasteiger partial charge in [0.1, 0.15) is 0 Å². The van der Waals surface area contributed by atoms with Gasteiger partial charge in [-0.2, -0.15) is 0 Å². The zero-order valence-corrected chi connectivity index (χ0v) is 13.0. The number of aliphatic hydroxyl groups is 1. The molecule has 23 heavy (non-hydrogen) atoms. The van der Waals surface area contributed by atoms with Crippen molar-refractivity contribution in [2.75, 3.05) is 10.6 Å². The Morgan fingerprint density at radius 2 is 1.74 bits per heavy atom. The standard InChI is InChI=1S/C16H14N2O4S/c1-10-6-8-11(9-7-10)17-15(19)14-16(20)18-12-4-2-3-5-13(12)23(14,21)22/h2-9,18,20H,1H3,(H,17,19). The fraction of sp³-hybridized carbons (Fsp3) is 0.0625. The number of fused-ring (bicyclic) bond motifs is 1. The average molecular weight is 330 g/mol. The van der Waals surface area contributed by atoms with E-state index < -0.39 is 26.5 Å². The molecule has 1 aliphatic rings. The van der Waals surface area contributed by atoms with Crippen molar-refractivity contribution >= 4 is 27.1 Å². The van der Waals surface area contributed by atoms with Crippen molar-refractivity contribution in [1.29, 1.82) is 0 Å². The first-order chi connectivity index (χ1) is 10.9. The lowest BCUT2D eigenvalue weighted by Gasteiger charge is -2.20. The molecule has 3 N–H and O–H groups in total. The highest BCUT2D eigenvalue weighted by atomic mass is 32.2. The van der Waals surface area contributed by atoms with Crippen LogP contribution in [0.25, 0.3) is 0 Å². The number of anilines is 2. The second-order valence-corrected chi connectivity index (χ2v) is 6.98. The molecule has 1 heterocycles. The normalized spacial score (nSPS) is 15.5. The predicted octanol–water partition coefficient (Wildman–Crippen LogP) is 2.56. The molecule has 0 aromatic heterocycles. The summed E-state index contributed by atoms with van der Waals surface area (Å²) in [6.45, 7) is 1.90. The Kier molecular flexibility index (Phi) is 3.57. The smallest absolute Gasteiger partial charge is 0.273 e. The molecule has 2 aromatic carbocycles. The van der Waals surface area contributed by atoms with Gasteiger partial charge in [-0.25, -0.2) is 8.42 Å². The number of aliphatic hydroxyl groups excluding tert-OH is 1. The number of hydrogen-bond donors (Lipinski definition) is 3. The number of sulfone groups is 1. The molecule has 0 fully saturated rings. The zero-order chi connectivity index (χ0) is 16.6. The van der Waals surface area contributed by atoms with Gasteiger partial charge in [0, 0.05) is 5.69 Å². The van der Waals surface area contributed by atoms with Crippen molar-refractivity contribution in [2.24, 2.45) is 0 Å². The number of carbonyl (C=O) groups is 1. The predicted molar refractivity (Wildman–Crippen MR) is 86.7 cm³/mol. The minimum atomic E-state index is -4.10. The van der Waals surface area contributed by atoms with E-state index in [-0.39, 0.29) is 10.6 Å². The van der Waals surface area contributed by atoms with Gasteiger partial charge in [-0.15, -0.1) is 0 Å². The van der Waals surface area contributed by atoms with Gasteiger partial charge in [-0.3, -0.25) is 4.79 Å². The van der Waals surface area contributed by atoms with E-state index in [1.165, 1.54) is 12.1 Å². The molecule has 0 saturated heterocycles. The lowest BCUT2D eigenvalue weighted by molar-refractivity contribution is -0.112. The SMILES string of the molecule is Cc1ccc(NC(=O)C2=C(O)Nc3ccccc3S2(=O)=O)cc1. The van der Waals surface area contributed by atoms with Crippen molar-refractivity contribution in [3.63, 3.8) is 0 Å². The summed E-state index contributed by atoms with van der Waals surface area (Å²) in [6.07, 6.45) is 0. The maximum absolute atomic E-state index is 12.6. The topological polar surface area (TPSA) is 95.5 Å². The van der Waals surface area contributed by atoms with Gasteiger partial charge in [0.2, 0.25) is 15.7 Å². The molecule has 0 radical (unpaired) electrons. The van der Waals surface area contributed by atoms with E-state index in [2.05, 4.69) is 10.6 Å². The second kappa shape index (κ2) is 5.44. The summed E-state index contributed by atoms with van der Waals surface area (Å²) in [5, 5.41) is 15.0. The van der Waals surface area contributed by atoms with Crippen LogP contribution in [0.4, 0.5) is 11.4 Å². The van der Waals surface area contributed by atoms with Crippen LogP contribution < -0.4 is 10.6 Å². The molecule has 1 aliphatic heterocycles. The van der Waals surface area contributed by atoms with Gasteiger partial charge < -0.3 is 15.7 Å². The van der Waals surface area contributed by atoms with Gasteiger partial charge in [0.05, 0.1) is 10.6 Å². The summed E-state index contributed by atoms with van der Waals surface area (Å²) in [5.74, 6) is -1.58. The Labute approximate surface area is 133 Å². The van der Waals surface area contributed by atoms with Crippen LogP contribution in [0.1, 0.15) is 5.56 Å². The van der Waals surface area contributed by atoms with Gasteiger partial charge in [-0.05, 0) is 31.2 Å². The highest BCUT2D eigenvalue weighted by Gasteiger charge is 2.37. The number of amides is 1. The van der Waals surface area contributed by atoms with E-state index in [1.54, 1.807) is 36.4 Å². The highest BCUT2D eigenvalue weighted by molar-refractivity contribution is 7.96. The minimum Gasteiger partial charge on any atom is -0.493 e. The molecule has 0 bridgehead atoms. The second-order valence-electron chi connectivity index (χ2n) is 5.12. The number of nitrogens with one attached hydrogen (secondary N) is 2. The number of rotatable bonds is 2. The maximum Gasteiger partial charge on any atom is 0.273 e. The highest BCUT2D eigenvalue weighted by Crippen LogP contribution is 2.33. The summed E-state index contributed by atoms with van der Waals surface area (Å²) >= 11 is 0. The third kappa shape index (κ3) is 2.66. The van der Waals surface area contributed by atoms with Crippen molar-refractivity contribution in [2.45, 2.75) is 11.8 Å². The van der Waals surface area contributed by atoms with Gasteiger partial charge >= 0.3 is 0 Å². The number of aryl methyl sites for hydroxylation is 1. The van der Waals surface area contributed by atoms with Crippen molar-refractivity contribution in [1.82, 2.24) is 0 Å². The fourth-order valence-electron chi connectivity index (χ4n) is 2.28. The van der Waals surface area contributed by atoms with Crippen LogP contribution in [-0.4, -0.2) is 19.4 Å². The van der Waals surface area contributed by atoms with Crippen LogP contribution in [0.5, 0.6) is 0 Å². The molecule has 1 amide bonds. The Bertz CT molecular complexity index is 915. The van der Waals surface area contributed by atoms with Crippen LogP contribution in [0.3, 0.4) is 0 Å². The summed E-state index contributed by atoms with van der Waals surface area (Å²) in [6, 6.07) is 13.0. The van der Waals surface area contributed by atoms with E-state index in [9.17, 15) is 18.3 Å². The number of benzene rings is 2. The van der Waals surface area contributed by atoms with Gasteiger partial charge in [-0.1, -0.05) is 29.8 Å². The van der Waals surface area contributed by atoms with Crippen molar-refractivity contribution in [3.8, 4) is 0 Å².